The van der Waals surface area contributed by atoms with Crippen LogP contribution >= 0.6 is 12.4 Å². The Hall–Kier alpha value is -2.13. The van der Waals surface area contributed by atoms with Crippen LogP contribution < -0.4 is 5.32 Å². The molecule has 28 heavy (non-hydrogen) atoms. The summed E-state index contributed by atoms with van der Waals surface area (Å²) in [4.78, 5) is 18.5. The summed E-state index contributed by atoms with van der Waals surface area (Å²) in [5, 5.41) is 6.50. The molecule has 2 fully saturated rings. The van der Waals surface area contributed by atoms with Gasteiger partial charge in [0.25, 0.3) is 5.92 Å². The molecule has 1 aromatic carbocycles. The second-order valence-electron chi connectivity index (χ2n) is 7.08. The van der Waals surface area contributed by atoms with Gasteiger partial charge in [0.05, 0.1) is 18.5 Å². The Morgan fingerprint density at radius 3 is 2.89 bits per heavy atom. The number of nitrogens with zero attached hydrogens (tertiary/aromatic N) is 3. The number of benzene rings is 1. The number of likely N-dealkylation sites (tertiary alicyclic amines) is 1. The Kier molecular flexibility index (Phi) is 5.95. The highest BCUT2D eigenvalue weighted by molar-refractivity contribution is 5.85. The predicted molar refractivity (Wildman–Crippen MR) is 96.8 cm³/mol. The molecular formula is C18H20ClF3N4O2. The number of amides is 1. The normalized spacial score (nSPS) is 24.0. The summed E-state index contributed by atoms with van der Waals surface area (Å²) in [6, 6.07) is 5.03. The number of carbonyl (C=O) groups is 1. The fourth-order valence-corrected chi connectivity index (χ4v) is 3.64. The Labute approximate surface area is 165 Å². The minimum Gasteiger partial charge on any atom is -0.341 e. The average molecular weight is 417 g/mol. The summed E-state index contributed by atoms with van der Waals surface area (Å²) in [7, 11) is 0. The summed E-state index contributed by atoms with van der Waals surface area (Å²) in [6.07, 6.45) is 0.997. The number of alkyl halides is 2. The van der Waals surface area contributed by atoms with Crippen LogP contribution in [-0.2, 0) is 4.79 Å². The zero-order valence-corrected chi connectivity index (χ0v) is 15.7. The molecule has 152 valence electrons. The smallest absolute Gasteiger partial charge is 0.262 e. The van der Waals surface area contributed by atoms with E-state index in [2.05, 4.69) is 15.5 Å². The van der Waals surface area contributed by atoms with Crippen LogP contribution in [-0.4, -0.2) is 52.5 Å². The van der Waals surface area contributed by atoms with Gasteiger partial charge in [-0.05, 0) is 25.0 Å². The van der Waals surface area contributed by atoms with E-state index < -0.39 is 30.7 Å². The molecule has 2 atom stereocenters. The number of nitrogens with one attached hydrogen (secondary N) is 1. The second kappa shape index (κ2) is 8.08. The van der Waals surface area contributed by atoms with Gasteiger partial charge in [0.1, 0.15) is 5.82 Å². The molecule has 1 N–H and O–H groups in total. The summed E-state index contributed by atoms with van der Waals surface area (Å²) in [5.74, 6) is -3.07. The van der Waals surface area contributed by atoms with E-state index in [1.54, 1.807) is 17.0 Å². The van der Waals surface area contributed by atoms with E-state index in [0.29, 0.717) is 24.5 Å². The van der Waals surface area contributed by atoms with Gasteiger partial charge in [0.2, 0.25) is 17.6 Å². The molecule has 2 saturated heterocycles. The molecule has 6 nitrogen and oxygen atoms in total. The first-order valence-corrected chi connectivity index (χ1v) is 8.91. The number of hydrogen-bond acceptors (Lipinski definition) is 5. The van der Waals surface area contributed by atoms with Crippen molar-refractivity contribution in [2.75, 3.05) is 19.6 Å². The zero-order chi connectivity index (χ0) is 19.0. The van der Waals surface area contributed by atoms with Gasteiger partial charge in [-0.1, -0.05) is 17.3 Å². The number of rotatable bonds is 3. The third-order valence-electron chi connectivity index (χ3n) is 5.01. The van der Waals surface area contributed by atoms with Gasteiger partial charge in [-0.25, -0.2) is 13.2 Å². The second-order valence-corrected chi connectivity index (χ2v) is 7.08. The predicted octanol–water partition coefficient (Wildman–Crippen LogP) is 3.00. The minimum atomic E-state index is -2.85. The summed E-state index contributed by atoms with van der Waals surface area (Å²) in [5.41, 5.74) is 0.506. The summed E-state index contributed by atoms with van der Waals surface area (Å²) in [6.45, 7) is 0.388. The lowest BCUT2D eigenvalue weighted by molar-refractivity contribution is -0.135. The molecule has 2 aliphatic rings. The maximum absolute atomic E-state index is 13.4. The highest BCUT2D eigenvalue weighted by Gasteiger charge is 2.44. The van der Waals surface area contributed by atoms with Gasteiger partial charge in [0.15, 0.2) is 0 Å². The van der Waals surface area contributed by atoms with E-state index in [0.717, 1.165) is 12.8 Å². The van der Waals surface area contributed by atoms with E-state index in [-0.39, 0.29) is 30.1 Å². The Bertz CT molecular complexity index is 848. The highest BCUT2D eigenvalue weighted by atomic mass is 35.5. The third kappa shape index (κ3) is 4.30. The minimum absolute atomic E-state index is 0. The highest BCUT2D eigenvalue weighted by Crippen LogP contribution is 2.30. The van der Waals surface area contributed by atoms with Crippen LogP contribution in [0.15, 0.2) is 28.8 Å². The third-order valence-corrected chi connectivity index (χ3v) is 5.01. The molecular weight excluding hydrogens is 397 g/mol. The number of piperidine rings is 1. The molecule has 0 spiro atoms. The van der Waals surface area contributed by atoms with Gasteiger partial charge in [-0.3, -0.25) is 10.1 Å². The summed E-state index contributed by atoms with van der Waals surface area (Å²) < 4.78 is 45.4. The van der Waals surface area contributed by atoms with Crippen LogP contribution in [0.2, 0.25) is 0 Å². The van der Waals surface area contributed by atoms with Gasteiger partial charge in [-0.2, -0.15) is 4.98 Å². The molecule has 1 amide bonds. The molecule has 10 heteroatoms. The monoisotopic (exact) mass is 416 g/mol. The van der Waals surface area contributed by atoms with Crippen molar-refractivity contribution in [1.29, 1.82) is 0 Å². The fraction of sp³-hybridized carbons (Fsp3) is 0.500. The maximum atomic E-state index is 13.4. The number of hydrogen-bond donors (Lipinski definition) is 1. The van der Waals surface area contributed by atoms with E-state index in [1.807, 2.05) is 0 Å². The molecule has 2 aliphatic heterocycles. The van der Waals surface area contributed by atoms with Crippen molar-refractivity contribution in [3.8, 4) is 11.4 Å². The van der Waals surface area contributed by atoms with Crippen LogP contribution in [0, 0.1) is 5.82 Å². The van der Waals surface area contributed by atoms with Gasteiger partial charge in [0, 0.05) is 25.1 Å². The molecule has 0 saturated carbocycles. The Morgan fingerprint density at radius 1 is 1.36 bits per heavy atom. The van der Waals surface area contributed by atoms with Gasteiger partial charge in [-0.15, -0.1) is 12.4 Å². The number of aromatic nitrogens is 2. The quantitative estimate of drug-likeness (QED) is 0.832. The van der Waals surface area contributed by atoms with Gasteiger partial charge >= 0.3 is 0 Å². The molecule has 3 heterocycles. The average Bonchev–Trinajstić information content (AvgIpc) is 3.28. The van der Waals surface area contributed by atoms with E-state index in [4.69, 9.17) is 4.52 Å². The van der Waals surface area contributed by atoms with E-state index in [9.17, 15) is 18.0 Å². The molecule has 2 unspecified atom stereocenters. The lowest BCUT2D eigenvalue weighted by Gasteiger charge is -2.32. The van der Waals surface area contributed by atoms with Crippen molar-refractivity contribution in [3.63, 3.8) is 0 Å². The van der Waals surface area contributed by atoms with Crippen molar-refractivity contribution in [3.05, 3.63) is 36.0 Å². The first kappa shape index (κ1) is 20.6. The van der Waals surface area contributed by atoms with Gasteiger partial charge < -0.3 is 9.42 Å². The maximum Gasteiger partial charge on any atom is 0.262 e. The number of halogens is 4. The Balaban J connectivity index is 0.00000225. The fourth-order valence-electron chi connectivity index (χ4n) is 3.64. The topological polar surface area (TPSA) is 71.3 Å². The summed E-state index contributed by atoms with van der Waals surface area (Å²) >= 11 is 0. The van der Waals surface area contributed by atoms with Crippen molar-refractivity contribution in [2.24, 2.45) is 0 Å². The molecule has 2 aromatic rings. The SMILES string of the molecule is Cl.O=C(C1CC(F)(F)CN1)N1CCCC(c2nc(-c3cccc(F)c3)no2)C1. The lowest BCUT2D eigenvalue weighted by atomic mass is 9.97. The molecule has 0 bridgehead atoms. The largest absolute Gasteiger partial charge is 0.341 e. The lowest BCUT2D eigenvalue weighted by Crippen LogP contribution is -2.47. The van der Waals surface area contributed by atoms with Crippen LogP contribution in [0.4, 0.5) is 13.2 Å². The molecule has 1 aromatic heterocycles. The molecule has 4 rings (SSSR count). The standard InChI is InChI=1S/C18H19F3N4O2.ClH/c19-13-5-1-3-11(7-13)15-23-16(27-24-15)12-4-2-6-25(9-12)17(26)14-8-18(20,21)10-22-14;/h1,3,5,7,12,14,22H,2,4,6,8-10H2;1H. The Morgan fingerprint density at radius 2 is 2.18 bits per heavy atom. The van der Waals surface area contributed by atoms with Crippen molar-refractivity contribution < 1.29 is 22.5 Å². The van der Waals surface area contributed by atoms with E-state index in [1.165, 1.54) is 12.1 Å². The van der Waals surface area contributed by atoms with Crippen LogP contribution in [0.25, 0.3) is 11.4 Å². The zero-order valence-electron chi connectivity index (χ0n) is 14.9. The first-order chi connectivity index (χ1) is 12.9. The molecule has 0 aliphatic carbocycles. The van der Waals surface area contributed by atoms with Crippen molar-refractivity contribution in [2.45, 2.75) is 37.1 Å². The van der Waals surface area contributed by atoms with Crippen molar-refractivity contribution in [1.82, 2.24) is 20.4 Å². The van der Waals surface area contributed by atoms with Crippen LogP contribution in [0.1, 0.15) is 31.1 Å². The van der Waals surface area contributed by atoms with Crippen molar-refractivity contribution >= 4 is 18.3 Å². The molecule has 0 radical (unpaired) electrons. The van der Waals surface area contributed by atoms with E-state index >= 15 is 0 Å². The first-order valence-electron chi connectivity index (χ1n) is 8.91. The van der Waals surface area contributed by atoms with Crippen LogP contribution in [0.5, 0.6) is 0 Å². The van der Waals surface area contributed by atoms with Crippen LogP contribution in [0.3, 0.4) is 0 Å². The number of carbonyl (C=O) groups excluding carboxylic acids is 1.